The summed E-state index contributed by atoms with van der Waals surface area (Å²) in [6.07, 6.45) is 0.897. The van der Waals surface area contributed by atoms with E-state index in [0.717, 1.165) is 6.42 Å². The molecule has 5 nitrogen and oxygen atoms in total. The van der Waals surface area contributed by atoms with E-state index in [4.69, 9.17) is 12.2 Å². The van der Waals surface area contributed by atoms with Gasteiger partial charge in [0.2, 0.25) is 0 Å². The van der Waals surface area contributed by atoms with Gasteiger partial charge in [-0.1, -0.05) is 20.8 Å². The molecule has 0 bridgehead atoms. The van der Waals surface area contributed by atoms with Crippen molar-refractivity contribution in [1.82, 2.24) is 15.3 Å². The second-order valence-electron chi connectivity index (χ2n) is 6.24. The first-order chi connectivity index (χ1) is 9.76. The first-order valence-electron chi connectivity index (χ1n) is 6.81. The van der Waals surface area contributed by atoms with Gasteiger partial charge in [0.15, 0.2) is 4.77 Å². The Morgan fingerprint density at radius 2 is 2.00 bits per heavy atom. The zero-order chi connectivity index (χ0) is 15.6. The molecule has 0 fully saturated rings. The van der Waals surface area contributed by atoms with Crippen LogP contribution in [0.3, 0.4) is 0 Å². The van der Waals surface area contributed by atoms with Crippen LogP contribution in [0.25, 0.3) is 10.9 Å². The van der Waals surface area contributed by atoms with Crippen molar-refractivity contribution >= 4 is 29.0 Å². The third-order valence-electron chi connectivity index (χ3n) is 3.16. The standard InChI is InChI=1S/C15H19N3O2S/c1-15(2,3)6-7-16-12(19)9-4-5-10-11(8-9)17-14(21)18-13(10)20/h4-5,8H,6-7H2,1-3H3,(H,16,19)(H2,17,18,20,21). The van der Waals surface area contributed by atoms with Crippen LogP contribution < -0.4 is 10.9 Å². The second-order valence-corrected chi connectivity index (χ2v) is 6.64. The van der Waals surface area contributed by atoms with Crippen molar-refractivity contribution in [3.63, 3.8) is 0 Å². The van der Waals surface area contributed by atoms with Crippen LogP contribution in [0, 0.1) is 10.2 Å². The van der Waals surface area contributed by atoms with Gasteiger partial charge in [0.05, 0.1) is 10.9 Å². The highest BCUT2D eigenvalue weighted by atomic mass is 32.1. The SMILES string of the molecule is CC(C)(C)CCNC(=O)c1ccc2c(=O)[nH]c(=S)[nH]c2c1. The molecule has 2 rings (SSSR count). The molecule has 1 aromatic heterocycles. The second kappa shape index (κ2) is 5.81. The van der Waals surface area contributed by atoms with Crippen LogP contribution in [-0.2, 0) is 0 Å². The number of H-pyrrole nitrogens is 2. The first-order valence-corrected chi connectivity index (χ1v) is 7.22. The summed E-state index contributed by atoms with van der Waals surface area (Å²) in [7, 11) is 0. The lowest BCUT2D eigenvalue weighted by molar-refractivity contribution is 0.0949. The average molecular weight is 305 g/mol. The van der Waals surface area contributed by atoms with Gasteiger partial charge in [-0.2, -0.15) is 0 Å². The average Bonchev–Trinajstić information content (AvgIpc) is 2.36. The maximum Gasteiger partial charge on any atom is 0.259 e. The van der Waals surface area contributed by atoms with E-state index in [2.05, 4.69) is 36.1 Å². The normalized spacial score (nSPS) is 11.6. The van der Waals surface area contributed by atoms with Crippen molar-refractivity contribution in [1.29, 1.82) is 0 Å². The Balaban J connectivity index is 2.21. The summed E-state index contributed by atoms with van der Waals surface area (Å²) in [5.74, 6) is -0.152. The van der Waals surface area contributed by atoms with Crippen LogP contribution in [0.4, 0.5) is 0 Å². The Kier molecular flexibility index (Phi) is 4.27. The molecule has 3 N–H and O–H groups in total. The maximum atomic E-state index is 12.1. The lowest BCUT2D eigenvalue weighted by atomic mass is 9.92. The highest BCUT2D eigenvalue weighted by Gasteiger charge is 2.12. The van der Waals surface area contributed by atoms with Crippen LogP contribution in [0.2, 0.25) is 0 Å². The third-order valence-corrected chi connectivity index (χ3v) is 3.37. The lowest BCUT2D eigenvalue weighted by Crippen LogP contribution is -2.27. The third kappa shape index (κ3) is 4.01. The Morgan fingerprint density at radius 3 is 2.67 bits per heavy atom. The molecule has 1 heterocycles. The van der Waals surface area contributed by atoms with Crippen molar-refractivity contribution in [3.05, 3.63) is 38.9 Å². The number of carbonyl (C=O) groups excluding carboxylic acids is 1. The van der Waals surface area contributed by atoms with Crippen LogP contribution in [0.15, 0.2) is 23.0 Å². The molecule has 0 spiro atoms. The van der Waals surface area contributed by atoms with Gasteiger partial charge in [-0.25, -0.2) is 0 Å². The van der Waals surface area contributed by atoms with Gasteiger partial charge in [-0.3, -0.25) is 14.6 Å². The van der Waals surface area contributed by atoms with Crippen molar-refractivity contribution in [3.8, 4) is 0 Å². The molecule has 21 heavy (non-hydrogen) atoms. The van der Waals surface area contributed by atoms with Crippen LogP contribution in [0.5, 0.6) is 0 Å². The van der Waals surface area contributed by atoms with E-state index in [0.29, 0.717) is 23.0 Å². The summed E-state index contributed by atoms with van der Waals surface area (Å²) < 4.78 is 0.248. The zero-order valence-electron chi connectivity index (χ0n) is 12.4. The molecule has 0 radical (unpaired) electrons. The van der Waals surface area contributed by atoms with Gasteiger partial charge >= 0.3 is 0 Å². The molecule has 0 aliphatic heterocycles. The van der Waals surface area contributed by atoms with Gasteiger partial charge < -0.3 is 10.3 Å². The Morgan fingerprint density at radius 1 is 1.29 bits per heavy atom. The molecular formula is C15H19N3O2S. The van der Waals surface area contributed by atoms with Gasteiger partial charge in [0, 0.05) is 12.1 Å². The van der Waals surface area contributed by atoms with Crippen LogP contribution >= 0.6 is 12.2 Å². The largest absolute Gasteiger partial charge is 0.352 e. The molecule has 0 saturated carbocycles. The number of aromatic nitrogens is 2. The molecule has 6 heteroatoms. The molecule has 1 amide bonds. The minimum Gasteiger partial charge on any atom is -0.352 e. The molecule has 1 aromatic carbocycles. The fraction of sp³-hybridized carbons (Fsp3) is 0.400. The lowest BCUT2D eigenvalue weighted by Gasteiger charge is -2.18. The van der Waals surface area contributed by atoms with Gasteiger partial charge in [-0.15, -0.1) is 0 Å². The van der Waals surface area contributed by atoms with E-state index in [-0.39, 0.29) is 21.7 Å². The molecule has 0 aliphatic rings. The van der Waals surface area contributed by atoms with E-state index in [9.17, 15) is 9.59 Å². The number of carbonyl (C=O) groups is 1. The van der Waals surface area contributed by atoms with Crippen molar-refractivity contribution in [2.45, 2.75) is 27.2 Å². The molecular weight excluding hydrogens is 286 g/mol. The zero-order valence-corrected chi connectivity index (χ0v) is 13.2. The Hall–Kier alpha value is -1.95. The number of benzene rings is 1. The highest BCUT2D eigenvalue weighted by Crippen LogP contribution is 2.17. The number of fused-ring (bicyclic) bond motifs is 1. The molecule has 0 aliphatic carbocycles. The number of rotatable bonds is 3. The monoisotopic (exact) mass is 305 g/mol. The van der Waals surface area contributed by atoms with Crippen molar-refractivity contribution in [2.24, 2.45) is 5.41 Å². The van der Waals surface area contributed by atoms with Crippen LogP contribution in [0.1, 0.15) is 37.6 Å². The van der Waals surface area contributed by atoms with Crippen molar-refractivity contribution in [2.75, 3.05) is 6.54 Å². The summed E-state index contributed by atoms with van der Waals surface area (Å²) in [6.45, 7) is 7.00. The summed E-state index contributed by atoms with van der Waals surface area (Å²) >= 11 is 4.94. The van der Waals surface area contributed by atoms with E-state index in [1.807, 2.05) is 0 Å². The Labute approximate surface area is 127 Å². The molecule has 0 unspecified atom stereocenters. The fourth-order valence-corrected chi connectivity index (χ4v) is 2.17. The van der Waals surface area contributed by atoms with E-state index < -0.39 is 0 Å². The summed E-state index contributed by atoms with van der Waals surface area (Å²) in [6, 6.07) is 4.91. The quantitative estimate of drug-likeness (QED) is 0.763. The summed E-state index contributed by atoms with van der Waals surface area (Å²) in [5.41, 5.74) is 0.989. The molecule has 112 valence electrons. The highest BCUT2D eigenvalue weighted by molar-refractivity contribution is 7.71. The smallest absolute Gasteiger partial charge is 0.259 e. The number of hydrogen-bond donors (Lipinski definition) is 3. The van der Waals surface area contributed by atoms with E-state index >= 15 is 0 Å². The van der Waals surface area contributed by atoms with E-state index in [1.54, 1.807) is 18.2 Å². The summed E-state index contributed by atoms with van der Waals surface area (Å²) in [4.78, 5) is 29.2. The topological polar surface area (TPSA) is 77.8 Å². The number of aromatic amines is 2. The van der Waals surface area contributed by atoms with Gasteiger partial charge in [0.1, 0.15) is 0 Å². The van der Waals surface area contributed by atoms with E-state index in [1.165, 1.54) is 0 Å². The molecule has 0 atom stereocenters. The summed E-state index contributed by atoms with van der Waals surface area (Å²) in [5, 5.41) is 3.37. The number of amides is 1. The maximum absolute atomic E-state index is 12.1. The Bertz CT molecular complexity index is 784. The minimum atomic E-state index is -0.256. The van der Waals surface area contributed by atoms with Gasteiger partial charge in [-0.05, 0) is 42.3 Å². The first kappa shape index (κ1) is 15.4. The fourth-order valence-electron chi connectivity index (χ4n) is 1.96. The minimum absolute atomic E-state index is 0.152. The van der Waals surface area contributed by atoms with Gasteiger partial charge in [0.25, 0.3) is 11.5 Å². The predicted octanol–water partition coefficient (Wildman–Crippen LogP) is 2.75. The molecule has 2 aromatic rings. The number of hydrogen-bond acceptors (Lipinski definition) is 3. The van der Waals surface area contributed by atoms with Crippen molar-refractivity contribution < 1.29 is 4.79 Å². The molecule has 0 saturated heterocycles. The number of nitrogens with one attached hydrogen (secondary N) is 3. The van der Waals surface area contributed by atoms with Crippen LogP contribution in [-0.4, -0.2) is 22.4 Å². The predicted molar refractivity (Wildman–Crippen MR) is 86.2 cm³/mol.